The SMILES string of the molecule is COc1ccc2nccc(C=CC3CCC(O)(CNc4ccc5c(c4)NC(=O)CS5)CC3)c2c1. The molecule has 1 amide bonds. The summed E-state index contributed by atoms with van der Waals surface area (Å²) in [6, 6.07) is 13.9. The van der Waals surface area contributed by atoms with Gasteiger partial charge in [0.25, 0.3) is 0 Å². The monoisotopic (exact) mass is 475 g/mol. The van der Waals surface area contributed by atoms with E-state index in [1.165, 1.54) is 0 Å². The Bertz CT molecular complexity index is 1240. The Balaban J connectivity index is 1.19. The first kappa shape index (κ1) is 22.7. The summed E-state index contributed by atoms with van der Waals surface area (Å²) >= 11 is 1.55. The number of fused-ring (bicyclic) bond motifs is 2. The second kappa shape index (κ2) is 9.68. The Hall–Kier alpha value is -3.03. The van der Waals surface area contributed by atoms with Crippen molar-refractivity contribution in [3.05, 3.63) is 60.3 Å². The summed E-state index contributed by atoms with van der Waals surface area (Å²) in [5, 5.41) is 18.5. The number of thioether (sulfide) groups is 1. The van der Waals surface area contributed by atoms with Gasteiger partial charge in [0.15, 0.2) is 0 Å². The minimum Gasteiger partial charge on any atom is -0.497 e. The number of anilines is 2. The number of hydrogen-bond acceptors (Lipinski definition) is 6. The zero-order valence-electron chi connectivity index (χ0n) is 19.2. The maximum Gasteiger partial charge on any atom is 0.234 e. The van der Waals surface area contributed by atoms with Gasteiger partial charge in [-0.05, 0) is 79.6 Å². The molecule has 7 heteroatoms. The second-order valence-electron chi connectivity index (χ2n) is 9.11. The number of methoxy groups -OCH3 is 1. The summed E-state index contributed by atoms with van der Waals surface area (Å²) in [7, 11) is 1.67. The summed E-state index contributed by atoms with van der Waals surface area (Å²) in [6.07, 6.45) is 9.66. The first-order valence-corrected chi connectivity index (χ1v) is 12.6. The molecule has 1 saturated carbocycles. The van der Waals surface area contributed by atoms with Gasteiger partial charge in [-0.1, -0.05) is 12.2 Å². The van der Waals surface area contributed by atoms with E-state index in [0.717, 1.165) is 64.2 Å². The number of rotatable bonds is 6. The van der Waals surface area contributed by atoms with Crippen LogP contribution in [0.25, 0.3) is 17.0 Å². The van der Waals surface area contributed by atoms with Crippen LogP contribution in [-0.4, -0.2) is 41.0 Å². The average molecular weight is 476 g/mol. The molecule has 176 valence electrons. The third kappa shape index (κ3) is 5.05. The van der Waals surface area contributed by atoms with Crippen molar-refractivity contribution in [1.82, 2.24) is 4.98 Å². The Kier molecular flexibility index (Phi) is 6.48. The number of aliphatic hydroxyl groups is 1. The van der Waals surface area contributed by atoms with Crippen molar-refractivity contribution in [3.8, 4) is 5.75 Å². The van der Waals surface area contributed by atoms with Crippen LogP contribution in [0, 0.1) is 5.92 Å². The van der Waals surface area contributed by atoms with E-state index in [9.17, 15) is 9.90 Å². The van der Waals surface area contributed by atoms with Crippen molar-refractivity contribution < 1.29 is 14.6 Å². The molecular formula is C27H29N3O3S. The van der Waals surface area contributed by atoms with Crippen LogP contribution >= 0.6 is 11.8 Å². The normalized spacial score (nSPS) is 22.4. The summed E-state index contributed by atoms with van der Waals surface area (Å²) in [4.78, 5) is 17.2. The molecule has 0 bridgehead atoms. The fraction of sp³-hybridized carbons (Fsp3) is 0.333. The third-order valence-electron chi connectivity index (χ3n) is 6.73. The molecule has 0 unspecified atom stereocenters. The van der Waals surface area contributed by atoms with Gasteiger partial charge in [0.05, 0.1) is 29.7 Å². The van der Waals surface area contributed by atoms with E-state index in [2.05, 4.69) is 27.8 Å². The fourth-order valence-corrected chi connectivity index (χ4v) is 5.45. The van der Waals surface area contributed by atoms with E-state index >= 15 is 0 Å². The van der Waals surface area contributed by atoms with Crippen molar-refractivity contribution in [3.63, 3.8) is 0 Å². The first-order chi connectivity index (χ1) is 16.5. The minimum absolute atomic E-state index is 0.0264. The van der Waals surface area contributed by atoms with E-state index in [0.29, 0.717) is 18.2 Å². The summed E-state index contributed by atoms with van der Waals surface area (Å²) in [6.45, 7) is 0.498. The first-order valence-electron chi connectivity index (χ1n) is 11.7. The highest BCUT2D eigenvalue weighted by atomic mass is 32.2. The van der Waals surface area contributed by atoms with Crippen LogP contribution in [0.5, 0.6) is 5.75 Å². The van der Waals surface area contributed by atoms with Gasteiger partial charge in [-0.3, -0.25) is 9.78 Å². The molecule has 1 aliphatic heterocycles. The number of benzene rings is 2. The Morgan fingerprint density at radius 3 is 2.91 bits per heavy atom. The molecule has 0 radical (unpaired) electrons. The summed E-state index contributed by atoms with van der Waals surface area (Å²) in [5.74, 6) is 1.75. The number of nitrogens with zero attached hydrogens (tertiary/aromatic N) is 1. The Morgan fingerprint density at radius 2 is 2.09 bits per heavy atom. The zero-order valence-corrected chi connectivity index (χ0v) is 20.0. The minimum atomic E-state index is -0.727. The highest BCUT2D eigenvalue weighted by Crippen LogP contribution is 2.36. The third-order valence-corrected chi connectivity index (χ3v) is 7.80. The van der Waals surface area contributed by atoms with Gasteiger partial charge in [-0.25, -0.2) is 0 Å². The molecule has 0 saturated heterocycles. The predicted molar refractivity (Wildman–Crippen MR) is 139 cm³/mol. The molecule has 2 heterocycles. The highest BCUT2D eigenvalue weighted by molar-refractivity contribution is 8.00. The van der Waals surface area contributed by atoms with Crippen LogP contribution in [0.2, 0.25) is 0 Å². The predicted octanol–water partition coefficient (Wildman–Crippen LogP) is 5.33. The Labute approximate surface area is 203 Å². The van der Waals surface area contributed by atoms with Crippen LogP contribution in [0.15, 0.2) is 59.6 Å². The zero-order chi connectivity index (χ0) is 23.5. The number of carbonyl (C=O) groups is 1. The number of pyridine rings is 1. The van der Waals surface area contributed by atoms with Gasteiger partial charge in [-0.15, -0.1) is 11.8 Å². The number of ether oxygens (including phenoxy) is 1. The number of nitrogens with one attached hydrogen (secondary N) is 2. The molecule has 1 aromatic heterocycles. The molecule has 1 fully saturated rings. The van der Waals surface area contributed by atoms with Crippen LogP contribution in [0.4, 0.5) is 11.4 Å². The van der Waals surface area contributed by atoms with Crippen molar-refractivity contribution >= 4 is 46.0 Å². The van der Waals surface area contributed by atoms with Crippen LogP contribution in [0.1, 0.15) is 31.2 Å². The van der Waals surface area contributed by atoms with Gasteiger partial charge in [0, 0.05) is 28.7 Å². The quantitative estimate of drug-likeness (QED) is 0.447. The molecule has 6 nitrogen and oxygen atoms in total. The van der Waals surface area contributed by atoms with E-state index in [1.54, 1.807) is 18.9 Å². The van der Waals surface area contributed by atoms with Crippen molar-refractivity contribution in [2.24, 2.45) is 5.92 Å². The average Bonchev–Trinajstić information content (AvgIpc) is 2.86. The molecule has 3 aromatic rings. The number of aromatic nitrogens is 1. The second-order valence-corrected chi connectivity index (χ2v) is 10.1. The van der Waals surface area contributed by atoms with Crippen molar-refractivity contribution in [2.45, 2.75) is 36.2 Å². The molecule has 1 aliphatic carbocycles. The van der Waals surface area contributed by atoms with Gasteiger partial charge in [0.2, 0.25) is 5.91 Å². The highest BCUT2D eigenvalue weighted by Gasteiger charge is 2.32. The molecule has 0 spiro atoms. The lowest BCUT2D eigenvalue weighted by Gasteiger charge is -2.35. The smallest absolute Gasteiger partial charge is 0.234 e. The van der Waals surface area contributed by atoms with Crippen LogP contribution < -0.4 is 15.4 Å². The largest absolute Gasteiger partial charge is 0.497 e. The van der Waals surface area contributed by atoms with E-state index < -0.39 is 5.60 Å². The molecule has 2 aliphatic rings. The van der Waals surface area contributed by atoms with Crippen LogP contribution in [0.3, 0.4) is 0 Å². The fourth-order valence-electron chi connectivity index (χ4n) is 4.67. The van der Waals surface area contributed by atoms with Gasteiger partial charge >= 0.3 is 0 Å². The summed E-state index contributed by atoms with van der Waals surface area (Å²) in [5.41, 5.74) is 3.11. The lowest BCUT2D eigenvalue weighted by atomic mass is 9.78. The van der Waals surface area contributed by atoms with E-state index in [1.807, 2.05) is 48.7 Å². The number of allylic oxidation sites excluding steroid dienone is 1. The number of amides is 1. The van der Waals surface area contributed by atoms with E-state index in [-0.39, 0.29) is 5.91 Å². The van der Waals surface area contributed by atoms with Gasteiger partial charge < -0.3 is 20.5 Å². The van der Waals surface area contributed by atoms with E-state index in [4.69, 9.17) is 4.74 Å². The topological polar surface area (TPSA) is 83.5 Å². The lowest BCUT2D eigenvalue weighted by Crippen LogP contribution is -2.40. The number of carbonyl (C=O) groups excluding carboxylic acids is 1. The molecule has 0 atom stereocenters. The Morgan fingerprint density at radius 1 is 1.24 bits per heavy atom. The van der Waals surface area contributed by atoms with Gasteiger partial charge in [0.1, 0.15) is 5.75 Å². The molecule has 2 aromatic carbocycles. The molecular weight excluding hydrogens is 446 g/mol. The lowest BCUT2D eigenvalue weighted by molar-refractivity contribution is -0.113. The number of hydrogen-bond donors (Lipinski definition) is 3. The van der Waals surface area contributed by atoms with Crippen molar-refractivity contribution in [2.75, 3.05) is 30.0 Å². The summed E-state index contributed by atoms with van der Waals surface area (Å²) < 4.78 is 5.38. The maximum absolute atomic E-state index is 11.7. The molecule has 34 heavy (non-hydrogen) atoms. The standard InChI is InChI=1S/C27H29N3O3S/c1-33-21-5-6-23-22(15-21)19(10-13-28-23)3-2-18-8-11-27(32,12-9-18)17-29-20-4-7-25-24(14-20)30-26(31)16-34-25/h2-7,10,13-15,18,29,32H,8-9,11-12,16-17H2,1H3,(H,30,31). The molecule has 3 N–H and O–H groups in total. The van der Waals surface area contributed by atoms with Crippen molar-refractivity contribution in [1.29, 1.82) is 0 Å². The van der Waals surface area contributed by atoms with Gasteiger partial charge in [-0.2, -0.15) is 0 Å². The molecule has 5 rings (SSSR count). The maximum atomic E-state index is 11.7. The van der Waals surface area contributed by atoms with Crippen LogP contribution in [-0.2, 0) is 4.79 Å².